The van der Waals surface area contributed by atoms with Crippen LogP contribution in [0, 0.1) is 6.92 Å². The molecule has 1 aromatic carbocycles. The Hall–Kier alpha value is -1.52. The Morgan fingerprint density at radius 2 is 2.00 bits per heavy atom. The predicted molar refractivity (Wildman–Crippen MR) is 47.5 cm³/mol. The number of halogens is 3. The van der Waals surface area contributed by atoms with Gasteiger partial charge in [-0.2, -0.15) is 13.2 Å². The van der Waals surface area contributed by atoms with E-state index in [1.165, 1.54) is 6.07 Å². The second kappa shape index (κ2) is 3.92. The lowest BCUT2D eigenvalue weighted by molar-refractivity contribution is -0.138. The third-order valence-electron chi connectivity index (χ3n) is 2.02. The third-order valence-corrected chi connectivity index (χ3v) is 2.02. The van der Waals surface area contributed by atoms with E-state index in [1.54, 1.807) is 6.92 Å². The highest BCUT2D eigenvalue weighted by Gasteiger charge is 2.30. The van der Waals surface area contributed by atoms with Gasteiger partial charge < -0.3 is 5.11 Å². The number of alkyl halides is 3. The number of aryl methyl sites for hydroxylation is 1. The number of carbonyl (C=O) groups is 1. The van der Waals surface area contributed by atoms with Crippen LogP contribution < -0.4 is 0 Å². The van der Waals surface area contributed by atoms with Crippen LogP contribution in [0.25, 0.3) is 0 Å². The molecule has 0 radical (unpaired) electrons. The van der Waals surface area contributed by atoms with Crippen molar-refractivity contribution in [2.45, 2.75) is 19.5 Å². The number of hydrogen-bond acceptors (Lipinski definition) is 1. The van der Waals surface area contributed by atoms with Crippen molar-refractivity contribution in [3.8, 4) is 0 Å². The summed E-state index contributed by atoms with van der Waals surface area (Å²) in [7, 11) is 0. The Kier molecular flexibility index (Phi) is 3.02. The number of hydrogen-bond donors (Lipinski definition) is 1. The van der Waals surface area contributed by atoms with Crippen LogP contribution in [0.15, 0.2) is 18.2 Å². The van der Waals surface area contributed by atoms with Crippen molar-refractivity contribution in [2.75, 3.05) is 0 Å². The molecular formula is C10H9F3O2. The third kappa shape index (κ3) is 2.97. The standard InChI is InChI=1S/C10H9F3O2/c1-6-2-3-8(10(11,12)13)4-7(6)5-9(14)15/h2-4H,5H2,1H3,(H,14,15). The SMILES string of the molecule is Cc1ccc(C(F)(F)F)cc1CC(=O)O. The first kappa shape index (κ1) is 11.6. The quantitative estimate of drug-likeness (QED) is 0.828. The van der Waals surface area contributed by atoms with Crippen molar-refractivity contribution in [3.05, 3.63) is 34.9 Å². The highest BCUT2D eigenvalue weighted by atomic mass is 19.4. The molecule has 0 aromatic heterocycles. The van der Waals surface area contributed by atoms with Crippen LogP contribution in [-0.2, 0) is 17.4 Å². The lowest BCUT2D eigenvalue weighted by atomic mass is 10.0. The summed E-state index contributed by atoms with van der Waals surface area (Å²) in [6.45, 7) is 1.58. The van der Waals surface area contributed by atoms with Gasteiger partial charge in [-0.25, -0.2) is 0 Å². The minimum absolute atomic E-state index is 0.192. The number of benzene rings is 1. The van der Waals surface area contributed by atoms with Gasteiger partial charge in [0.15, 0.2) is 0 Å². The summed E-state index contributed by atoms with van der Waals surface area (Å²) >= 11 is 0. The van der Waals surface area contributed by atoms with Gasteiger partial charge in [-0.05, 0) is 30.2 Å². The first-order valence-electron chi connectivity index (χ1n) is 4.19. The smallest absolute Gasteiger partial charge is 0.416 e. The molecule has 0 saturated carbocycles. The molecule has 0 bridgehead atoms. The topological polar surface area (TPSA) is 37.3 Å². The van der Waals surface area contributed by atoms with E-state index in [9.17, 15) is 18.0 Å². The van der Waals surface area contributed by atoms with E-state index in [0.29, 0.717) is 5.56 Å². The van der Waals surface area contributed by atoms with Crippen LogP contribution in [0.3, 0.4) is 0 Å². The van der Waals surface area contributed by atoms with Crippen LogP contribution in [-0.4, -0.2) is 11.1 Å². The Morgan fingerprint density at radius 3 is 2.47 bits per heavy atom. The maximum Gasteiger partial charge on any atom is 0.416 e. The normalized spacial score (nSPS) is 11.5. The molecule has 0 atom stereocenters. The molecule has 1 rings (SSSR count). The summed E-state index contributed by atoms with van der Waals surface area (Å²) < 4.78 is 36.9. The molecule has 0 aliphatic rings. The molecule has 0 heterocycles. The zero-order valence-corrected chi connectivity index (χ0v) is 7.93. The highest BCUT2D eigenvalue weighted by molar-refractivity contribution is 5.70. The first-order chi connectivity index (χ1) is 6.80. The molecule has 5 heteroatoms. The monoisotopic (exact) mass is 218 g/mol. The molecule has 2 nitrogen and oxygen atoms in total. The van der Waals surface area contributed by atoms with E-state index in [1.807, 2.05) is 0 Å². The second-order valence-electron chi connectivity index (χ2n) is 3.21. The van der Waals surface area contributed by atoms with Crippen LogP contribution in [0.2, 0.25) is 0 Å². The van der Waals surface area contributed by atoms with E-state index in [-0.39, 0.29) is 5.56 Å². The largest absolute Gasteiger partial charge is 0.481 e. The minimum Gasteiger partial charge on any atom is -0.481 e. The van der Waals surface area contributed by atoms with Gasteiger partial charge in [-0.3, -0.25) is 4.79 Å². The van der Waals surface area contributed by atoms with Crippen LogP contribution in [0.5, 0.6) is 0 Å². The Bertz CT molecular complexity index is 383. The van der Waals surface area contributed by atoms with E-state index in [2.05, 4.69) is 0 Å². The van der Waals surface area contributed by atoms with Crippen molar-refractivity contribution >= 4 is 5.97 Å². The summed E-state index contributed by atoms with van der Waals surface area (Å²) in [4.78, 5) is 10.4. The van der Waals surface area contributed by atoms with Crippen molar-refractivity contribution in [3.63, 3.8) is 0 Å². The maximum atomic E-state index is 12.3. The Labute approximate surface area is 84.3 Å². The number of aliphatic carboxylic acids is 1. The average Bonchev–Trinajstić information content (AvgIpc) is 2.06. The summed E-state index contributed by atoms with van der Waals surface area (Å²) in [5, 5.41) is 8.50. The highest BCUT2D eigenvalue weighted by Crippen LogP contribution is 2.30. The molecule has 82 valence electrons. The maximum absolute atomic E-state index is 12.3. The summed E-state index contributed by atoms with van der Waals surface area (Å²) in [5.74, 6) is -1.14. The van der Waals surface area contributed by atoms with Gasteiger partial charge in [0.25, 0.3) is 0 Å². The average molecular weight is 218 g/mol. The predicted octanol–water partition coefficient (Wildman–Crippen LogP) is 2.64. The van der Waals surface area contributed by atoms with Crippen LogP contribution in [0.1, 0.15) is 16.7 Å². The van der Waals surface area contributed by atoms with E-state index in [0.717, 1.165) is 12.1 Å². The van der Waals surface area contributed by atoms with Gasteiger partial charge in [0, 0.05) is 0 Å². The van der Waals surface area contributed by atoms with Crippen molar-refractivity contribution in [1.29, 1.82) is 0 Å². The summed E-state index contributed by atoms with van der Waals surface area (Å²) in [6, 6.07) is 3.10. The zero-order valence-electron chi connectivity index (χ0n) is 7.93. The zero-order chi connectivity index (χ0) is 11.6. The van der Waals surface area contributed by atoms with Gasteiger partial charge in [0.05, 0.1) is 12.0 Å². The lowest BCUT2D eigenvalue weighted by Crippen LogP contribution is -2.08. The van der Waals surface area contributed by atoms with Crippen molar-refractivity contribution in [1.82, 2.24) is 0 Å². The second-order valence-corrected chi connectivity index (χ2v) is 3.21. The van der Waals surface area contributed by atoms with E-state index in [4.69, 9.17) is 5.11 Å². The molecule has 1 aromatic rings. The molecule has 15 heavy (non-hydrogen) atoms. The van der Waals surface area contributed by atoms with Crippen molar-refractivity contribution in [2.24, 2.45) is 0 Å². The van der Waals surface area contributed by atoms with E-state index >= 15 is 0 Å². The fourth-order valence-corrected chi connectivity index (χ4v) is 1.20. The van der Waals surface area contributed by atoms with Gasteiger partial charge in [0.1, 0.15) is 0 Å². The van der Waals surface area contributed by atoms with Gasteiger partial charge >= 0.3 is 12.1 Å². The van der Waals surface area contributed by atoms with Gasteiger partial charge in [-0.15, -0.1) is 0 Å². The molecule has 0 saturated heterocycles. The molecular weight excluding hydrogens is 209 g/mol. The summed E-state index contributed by atoms with van der Waals surface area (Å²) in [6.07, 6.45) is -4.82. The molecule has 0 fully saturated rings. The molecule has 0 aliphatic carbocycles. The summed E-state index contributed by atoms with van der Waals surface area (Å²) in [5.41, 5.74) is -0.0768. The van der Waals surface area contributed by atoms with Gasteiger partial charge in [0.2, 0.25) is 0 Å². The first-order valence-corrected chi connectivity index (χ1v) is 4.19. The molecule has 0 amide bonds. The van der Waals surface area contributed by atoms with Crippen molar-refractivity contribution < 1.29 is 23.1 Å². The number of carboxylic acids is 1. The van der Waals surface area contributed by atoms with E-state index < -0.39 is 24.1 Å². The Balaban J connectivity index is 3.11. The molecule has 0 aliphatic heterocycles. The molecule has 0 spiro atoms. The number of carboxylic acid groups (broad SMARTS) is 1. The van der Waals surface area contributed by atoms with Gasteiger partial charge in [-0.1, -0.05) is 6.07 Å². The minimum atomic E-state index is -4.43. The van der Waals surface area contributed by atoms with Crippen LogP contribution >= 0.6 is 0 Å². The molecule has 0 unspecified atom stereocenters. The number of rotatable bonds is 2. The van der Waals surface area contributed by atoms with Crippen LogP contribution in [0.4, 0.5) is 13.2 Å². The lowest BCUT2D eigenvalue weighted by Gasteiger charge is -2.09. The fourth-order valence-electron chi connectivity index (χ4n) is 1.20. The fraction of sp³-hybridized carbons (Fsp3) is 0.300. The molecule has 1 N–H and O–H groups in total. The Morgan fingerprint density at radius 1 is 1.40 bits per heavy atom.